The number of Topliss-reactive ketones (excluding diaryl/α,β-unsaturated/α-hetero) is 1. The molecule has 0 atom stereocenters. The van der Waals surface area contributed by atoms with Gasteiger partial charge in [-0.25, -0.2) is 4.39 Å². The van der Waals surface area contributed by atoms with Gasteiger partial charge in [0.1, 0.15) is 5.82 Å². The molecule has 0 aliphatic heterocycles. The summed E-state index contributed by atoms with van der Waals surface area (Å²) in [6, 6.07) is 10.7. The number of nitrogens with zero attached hydrogens (tertiary/aromatic N) is 1. The van der Waals surface area contributed by atoms with Gasteiger partial charge in [-0.1, -0.05) is 11.6 Å². The third-order valence-electron chi connectivity index (χ3n) is 3.32. The molecule has 2 aromatic carbocycles. The molecule has 2 aromatic rings. The van der Waals surface area contributed by atoms with E-state index in [1.807, 2.05) is 0 Å². The monoisotopic (exact) mass is 385 g/mol. The average Bonchev–Trinajstić information content (AvgIpc) is 2.58. The summed E-state index contributed by atoms with van der Waals surface area (Å²) < 4.78 is 50.1. The lowest BCUT2D eigenvalue weighted by Crippen LogP contribution is -2.26. The van der Waals surface area contributed by atoms with Crippen LogP contribution in [0.5, 0.6) is 0 Å². The smallest absolute Gasteiger partial charge is 0.340 e. The van der Waals surface area contributed by atoms with Gasteiger partial charge in [-0.15, -0.1) is 0 Å². The van der Waals surface area contributed by atoms with Gasteiger partial charge in [0.25, 0.3) is 5.78 Å². The Labute approximate surface area is 151 Å². The summed E-state index contributed by atoms with van der Waals surface area (Å²) in [4.78, 5) is 24.6. The summed E-state index contributed by atoms with van der Waals surface area (Å²) in [6.07, 6.45) is -3.80. The molecular weight excluding hydrogens is 374 g/mol. The lowest BCUT2D eigenvalue weighted by atomic mass is 10.1. The second-order valence-electron chi connectivity index (χ2n) is 5.21. The zero-order valence-corrected chi connectivity index (χ0v) is 13.9. The van der Waals surface area contributed by atoms with Crippen molar-refractivity contribution in [3.63, 3.8) is 0 Å². The molecule has 0 aliphatic rings. The Morgan fingerprint density at radius 2 is 1.58 bits per heavy atom. The highest BCUT2D eigenvalue weighted by Gasteiger charge is 2.36. The van der Waals surface area contributed by atoms with Crippen LogP contribution in [-0.4, -0.2) is 24.3 Å². The summed E-state index contributed by atoms with van der Waals surface area (Å²) in [5.41, 5.74) is 0.539. The summed E-state index contributed by atoms with van der Waals surface area (Å²) >= 11 is 5.78. The zero-order chi connectivity index (χ0) is 19.3. The van der Waals surface area contributed by atoms with Crippen molar-refractivity contribution < 1.29 is 27.2 Å². The topological polar surface area (TPSA) is 37.4 Å². The first kappa shape index (κ1) is 19.7. The Kier molecular flexibility index (Phi) is 6.15. The number of carbonyl (C=O) groups excluding carboxylic acids is 2. The van der Waals surface area contributed by atoms with Crippen molar-refractivity contribution in [1.29, 1.82) is 0 Å². The van der Waals surface area contributed by atoms with Crippen LogP contribution in [0.15, 0.2) is 60.8 Å². The molecule has 0 aromatic heterocycles. The number of benzene rings is 2. The number of alkyl halides is 3. The molecule has 0 heterocycles. The normalized spacial score (nSPS) is 11.6. The SMILES string of the molecule is O=C(CN(/C=C/C(=O)C(F)(F)F)c1ccc(Cl)cc1)c1ccc(F)cc1. The molecule has 0 saturated heterocycles. The number of allylic oxidation sites excluding steroid dienone is 1. The predicted molar refractivity (Wildman–Crippen MR) is 89.7 cm³/mol. The van der Waals surface area contributed by atoms with Crippen molar-refractivity contribution >= 4 is 28.9 Å². The molecule has 0 N–H and O–H groups in total. The van der Waals surface area contributed by atoms with Crippen LogP contribution in [0, 0.1) is 5.82 Å². The molecule has 26 heavy (non-hydrogen) atoms. The first-order chi connectivity index (χ1) is 12.2. The van der Waals surface area contributed by atoms with Gasteiger partial charge in [-0.2, -0.15) is 13.2 Å². The number of ketones is 2. The molecule has 0 fully saturated rings. The fourth-order valence-corrected chi connectivity index (χ4v) is 2.12. The summed E-state index contributed by atoms with van der Waals surface area (Å²) in [6.45, 7) is -0.352. The summed E-state index contributed by atoms with van der Waals surface area (Å²) in [5.74, 6) is -3.04. The first-order valence-electron chi connectivity index (χ1n) is 7.27. The van der Waals surface area contributed by atoms with Gasteiger partial charge in [-0.3, -0.25) is 9.59 Å². The molecule has 0 aliphatic carbocycles. The lowest BCUT2D eigenvalue weighted by molar-refractivity contribution is -0.165. The minimum atomic E-state index is -5.01. The van der Waals surface area contributed by atoms with E-state index < -0.39 is 23.6 Å². The highest BCUT2D eigenvalue weighted by atomic mass is 35.5. The van der Waals surface area contributed by atoms with Crippen LogP contribution in [0.1, 0.15) is 10.4 Å². The zero-order valence-electron chi connectivity index (χ0n) is 13.1. The van der Waals surface area contributed by atoms with Gasteiger partial charge in [0.05, 0.1) is 6.54 Å². The third kappa shape index (κ3) is 5.42. The van der Waals surface area contributed by atoms with Gasteiger partial charge in [-0.05, 0) is 48.5 Å². The van der Waals surface area contributed by atoms with Crippen molar-refractivity contribution in [3.8, 4) is 0 Å². The van der Waals surface area contributed by atoms with Gasteiger partial charge in [0.2, 0.25) is 0 Å². The molecule has 0 radical (unpaired) electrons. The number of carbonyl (C=O) groups is 2. The fourth-order valence-electron chi connectivity index (χ4n) is 2.00. The fraction of sp³-hybridized carbons (Fsp3) is 0.111. The summed E-state index contributed by atoms with van der Waals surface area (Å²) in [5, 5.41) is 0.397. The maximum Gasteiger partial charge on any atom is 0.454 e. The maximum absolute atomic E-state index is 12.9. The Balaban J connectivity index is 2.26. The minimum absolute atomic E-state index is 0.181. The molecule has 0 bridgehead atoms. The van der Waals surface area contributed by atoms with E-state index in [0.717, 1.165) is 18.3 Å². The number of rotatable bonds is 6. The van der Waals surface area contributed by atoms with E-state index in [9.17, 15) is 27.2 Å². The summed E-state index contributed by atoms with van der Waals surface area (Å²) in [7, 11) is 0. The van der Waals surface area contributed by atoms with Crippen LogP contribution >= 0.6 is 11.6 Å². The minimum Gasteiger partial charge on any atom is -0.340 e. The predicted octanol–water partition coefficient (Wildman–Crippen LogP) is 4.81. The molecular formula is C18H12ClF4NO2. The Morgan fingerprint density at radius 3 is 2.12 bits per heavy atom. The maximum atomic E-state index is 12.9. The average molecular weight is 386 g/mol. The van der Waals surface area contributed by atoms with E-state index in [2.05, 4.69) is 0 Å². The number of hydrogen-bond donors (Lipinski definition) is 0. The number of hydrogen-bond acceptors (Lipinski definition) is 3. The van der Waals surface area contributed by atoms with Crippen LogP contribution in [-0.2, 0) is 4.79 Å². The van der Waals surface area contributed by atoms with Crippen LogP contribution < -0.4 is 4.90 Å². The van der Waals surface area contributed by atoms with Crippen molar-refractivity contribution in [2.24, 2.45) is 0 Å². The molecule has 0 unspecified atom stereocenters. The molecule has 8 heteroatoms. The van der Waals surface area contributed by atoms with Crippen molar-refractivity contribution in [2.45, 2.75) is 6.18 Å². The van der Waals surface area contributed by atoms with Crippen LogP contribution in [0.2, 0.25) is 5.02 Å². The van der Waals surface area contributed by atoms with E-state index in [1.165, 1.54) is 41.3 Å². The van der Waals surface area contributed by atoms with Crippen LogP contribution in [0.25, 0.3) is 0 Å². The Morgan fingerprint density at radius 1 is 1.00 bits per heavy atom. The third-order valence-corrected chi connectivity index (χ3v) is 3.58. The van der Waals surface area contributed by atoms with Crippen molar-refractivity contribution in [1.82, 2.24) is 0 Å². The number of halogens is 5. The molecule has 0 saturated carbocycles. The quantitative estimate of drug-likeness (QED) is 0.406. The molecule has 3 nitrogen and oxygen atoms in total. The highest BCUT2D eigenvalue weighted by Crippen LogP contribution is 2.21. The van der Waals surface area contributed by atoms with Gasteiger partial charge in [0, 0.05) is 28.5 Å². The number of anilines is 1. The first-order valence-corrected chi connectivity index (χ1v) is 7.65. The van der Waals surface area contributed by atoms with Crippen molar-refractivity contribution in [2.75, 3.05) is 11.4 Å². The van der Waals surface area contributed by atoms with Gasteiger partial charge < -0.3 is 4.90 Å². The second kappa shape index (κ2) is 8.14. The van der Waals surface area contributed by atoms with Crippen molar-refractivity contribution in [3.05, 3.63) is 77.2 Å². The molecule has 0 amide bonds. The van der Waals surface area contributed by atoms with E-state index in [4.69, 9.17) is 11.6 Å². The van der Waals surface area contributed by atoms with Crippen LogP contribution in [0.4, 0.5) is 23.2 Å². The van der Waals surface area contributed by atoms with Crippen LogP contribution in [0.3, 0.4) is 0 Å². The lowest BCUT2D eigenvalue weighted by Gasteiger charge is -2.20. The van der Waals surface area contributed by atoms with E-state index in [1.54, 1.807) is 0 Å². The van der Waals surface area contributed by atoms with E-state index in [-0.39, 0.29) is 12.1 Å². The second-order valence-corrected chi connectivity index (χ2v) is 5.65. The van der Waals surface area contributed by atoms with E-state index in [0.29, 0.717) is 16.8 Å². The molecule has 0 spiro atoms. The molecule has 136 valence electrons. The van der Waals surface area contributed by atoms with Gasteiger partial charge in [0.15, 0.2) is 5.78 Å². The Bertz CT molecular complexity index is 815. The largest absolute Gasteiger partial charge is 0.454 e. The molecule has 2 rings (SSSR count). The van der Waals surface area contributed by atoms with E-state index >= 15 is 0 Å². The van der Waals surface area contributed by atoms with Gasteiger partial charge >= 0.3 is 6.18 Å². The highest BCUT2D eigenvalue weighted by molar-refractivity contribution is 6.30. The Hall–Kier alpha value is -2.67. The standard InChI is InChI=1S/C18H12ClF4NO2/c19-13-3-7-15(8-4-13)24(10-9-17(26)18(21,22)23)11-16(25)12-1-5-14(20)6-2-12/h1-10H,11H2/b10-9+.